The third kappa shape index (κ3) is 5.07. The molecule has 1 saturated carbocycles. The number of carbonyl (C=O) groups is 1. The molecule has 17 heavy (non-hydrogen) atoms. The first-order valence-corrected chi connectivity index (χ1v) is 6.68. The van der Waals surface area contributed by atoms with Gasteiger partial charge in [0.1, 0.15) is 5.60 Å². The summed E-state index contributed by atoms with van der Waals surface area (Å²) in [5.41, 5.74) is 0.140. The van der Waals surface area contributed by atoms with Crippen molar-refractivity contribution in [1.82, 2.24) is 5.32 Å². The molecule has 0 unspecified atom stereocenters. The van der Waals surface area contributed by atoms with Crippen LogP contribution in [0.3, 0.4) is 0 Å². The van der Waals surface area contributed by atoms with Gasteiger partial charge >= 0.3 is 5.97 Å². The molecular weight excluding hydrogens is 214 g/mol. The van der Waals surface area contributed by atoms with Crippen molar-refractivity contribution in [2.45, 2.75) is 59.5 Å². The monoisotopic (exact) mass is 241 g/mol. The first-order chi connectivity index (χ1) is 7.75. The average molecular weight is 241 g/mol. The molecule has 0 amide bonds. The Morgan fingerprint density at radius 1 is 1.35 bits per heavy atom. The molecule has 0 atom stereocenters. The molecule has 0 aromatic heterocycles. The lowest BCUT2D eigenvalue weighted by molar-refractivity contribution is -0.154. The van der Waals surface area contributed by atoms with E-state index >= 15 is 0 Å². The number of rotatable bonds is 6. The van der Waals surface area contributed by atoms with E-state index in [1.54, 1.807) is 0 Å². The summed E-state index contributed by atoms with van der Waals surface area (Å²) in [6, 6.07) is 0. The molecule has 0 spiro atoms. The Balaban J connectivity index is 2.11. The average Bonchev–Trinajstić information content (AvgIpc) is 2.90. The zero-order valence-electron chi connectivity index (χ0n) is 11.9. The molecule has 0 heterocycles. The third-order valence-corrected chi connectivity index (χ3v) is 3.52. The lowest BCUT2D eigenvalue weighted by Crippen LogP contribution is -2.31. The maximum Gasteiger partial charge on any atom is 0.307 e. The van der Waals surface area contributed by atoms with Crippen molar-refractivity contribution in [2.75, 3.05) is 13.1 Å². The molecule has 1 aliphatic rings. The third-order valence-electron chi connectivity index (χ3n) is 3.52. The van der Waals surface area contributed by atoms with Gasteiger partial charge in [0, 0.05) is 13.1 Å². The Labute approximate surface area is 105 Å². The molecule has 0 radical (unpaired) electrons. The van der Waals surface area contributed by atoms with Crippen molar-refractivity contribution in [3.63, 3.8) is 0 Å². The summed E-state index contributed by atoms with van der Waals surface area (Å²) in [5, 5.41) is 3.39. The largest absolute Gasteiger partial charge is 0.460 e. The predicted octanol–water partition coefficient (Wildman–Crippen LogP) is 2.74. The topological polar surface area (TPSA) is 38.3 Å². The second kappa shape index (κ2) is 5.38. The number of esters is 1. The number of nitrogens with one attached hydrogen (secondary N) is 1. The second-order valence-corrected chi connectivity index (χ2v) is 6.53. The van der Waals surface area contributed by atoms with E-state index in [-0.39, 0.29) is 11.6 Å². The molecule has 1 fully saturated rings. The molecule has 0 bridgehead atoms. The van der Waals surface area contributed by atoms with Gasteiger partial charge in [-0.25, -0.2) is 0 Å². The predicted molar refractivity (Wildman–Crippen MR) is 69.8 cm³/mol. The quantitative estimate of drug-likeness (QED) is 0.574. The first kappa shape index (κ1) is 14.5. The van der Waals surface area contributed by atoms with Gasteiger partial charge in [-0.2, -0.15) is 0 Å². The van der Waals surface area contributed by atoms with E-state index in [1.807, 2.05) is 20.8 Å². The van der Waals surface area contributed by atoms with Crippen molar-refractivity contribution in [1.29, 1.82) is 0 Å². The molecule has 3 nitrogen and oxygen atoms in total. The number of hydrogen-bond donors (Lipinski definition) is 1. The van der Waals surface area contributed by atoms with Crippen LogP contribution in [-0.4, -0.2) is 24.7 Å². The van der Waals surface area contributed by atoms with Crippen LogP contribution in [0.2, 0.25) is 0 Å². The van der Waals surface area contributed by atoms with Gasteiger partial charge in [0.15, 0.2) is 0 Å². The van der Waals surface area contributed by atoms with Crippen molar-refractivity contribution in [3.8, 4) is 0 Å². The fraction of sp³-hybridized carbons (Fsp3) is 0.929. The highest BCUT2D eigenvalue weighted by atomic mass is 16.6. The lowest BCUT2D eigenvalue weighted by Gasteiger charge is -2.21. The minimum Gasteiger partial charge on any atom is -0.460 e. The number of carbonyl (C=O) groups excluding carboxylic acids is 1. The van der Waals surface area contributed by atoms with Gasteiger partial charge < -0.3 is 10.1 Å². The summed E-state index contributed by atoms with van der Waals surface area (Å²) >= 11 is 0. The first-order valence-electron chi connectivity index (χ1n) is 6.68. The van der Waals surface area contributed by atoms with E-state index in [0.717, 1.165) is 19.0 Å². The fourth-order valence-electron chi connectivity index (χ4n) is 2.04. The lowest BCUT2D eigenvalue weighted by atomic mass is 9.92. The van der Waals surface area contributed by atoms with Gasteiger partial charge in [-0.15, -0.1) is 0 Å². The molecule has 100 valence electrons. The molecule has 3 heteroatoms. The normalized spacial score (nSPS) is 18.2. The summed E-state index contributed by atoms with van der Waals surface area (Å²) in [6.07, 6.45) is 3.11. The van der Waals surface area contributed by atoms with Crippen LogP contribution in [0.1, 0.15) is 53.9 Å². The van der Waals surface area contributed by atoms with Crippen molar-refractivity contribution in [3.05, 3.63) is 0 Å². The molecule has 0 aromatic rings. The molecule has 1 rings (SSSR count). The Bertz CT molecular complexity index is 262. The second-order valence-electron chi connectivity index (χ2n) is 6.53. The van der Waals surface area contributed by atoms with E-state index < -0.39 is 0 Å². The van der Waals surface area contributed by atoms with Gasteiger partial charge in [0.05, 0.1) is 6.42 Å². The summed E-state index contributed by atoms with van der Waals surface area (Å²) in [5.74, 6) is 0.621. The summed E-state index contributed by atoms with van der Waals surface area (Å²) < 4.78 is 5.25. The number of hydrogen-bond acceptors (Lipinski definition) is 3. The van der Waals surface area contributed by atoms with Crippen LogP contribution < -0.4 is 5.32 Å². The molecule has 1 aliphatic carbocycles. The molecule has 0 aromatic carbocycles. The van der Waals surface area contributed by atoms with E-state index in [0.29, 0.717) is 11.8 Å². The molecule has 0 aliphatic heterocycles. The fourth-order valence-corrected chi connectivity index (χ4v) is 2.04. The molecule has 0 saturated heterocycles. The maximum absolute atomic E-state index is 11.5. The minimum absolute atomic E-state index is 0.112. The van der Waals surface area contributed by atoms with Crippen LogP contribution in [0, 0.1) is 11.3 Å². The van der Waals surface area contributed by atoms with Crippen LogP contribution in [0.15, 0.2) is 0 Å². The Morgan fingerprint density at radius 3 is 2.35 bits per heavy atom. The van der Waals surface area contributed by atoms with Crippen molar-refractivity contribution < 1.29 is 9.53 Å². The van der Waals surface area contributed by atoms with Crippen molar-refractivity contribution >= 4 is 5.97 Å². The molecule has 1 N–H and O–H groups in total. The Hall–Kier alpha value is -0.570. The smallest absolute Gasteiger partial charge is 0.307 e. The Morgan fingerprint density at radius 2 is 1.94 bits per heavy atom. The van der Waals surface area contributed by atoms with Gasteiger partial charge in [-0.3, -0.25) is 4.79 Å². The zero-order valence-corrected chi connectivity index (χ0v) is 11.9. The number of ether oxygens (including phenoxy) is 1. The summed E-state index contributed by atoms with van der Waals surface area (Å²) in [7, 11) is 0. The van der Waals surface area contributed by atoms with Gasteiger partial charge in [-0.05, 0) is 44.9 Å². The maximum atomic E-state index is 11.5. The van der Waals surface area contributed by atoms with Crippen LogP contribution in [0.4, 0.5) is 0 Å². The standard InChI is InChI=1S/C14H27NO2/c1-11(2)14(7-8-14)10-15-9-6-12(16)17-13(3,4)5/h11,15H,6-10H2,1-5H3. The van der Waals surface area contributed by atoms with E-state index in [1.165, 1.54) is 12.8 Å². The zero-order chi connectivity index (χ0) is 13.1. The van der Waals surface area contributed by atoms with E-state index in [4.69, 9.17) is 4.74 Å². The highest BCUT2D eigenvalue weighted by Crippen LogP contribution is 2.51. The van der Waals surface area contributed by atoms with Crippen LogP contribution in [-0.2, 0) is 9.53 Å². The van der Waals surface area contributed by atoms with Gasteiger partial charge in [-0.1, -0.05) is 13.8 Å². The van der Waals surface area contributed by atoms with Crippen LogP contribution >= 0.6 is 0 Å². The highest BCUT2D eigenvalue weighted by molar-refractivity contribution is 5.70. The Kier molecular flexibility index (Phi) is 4.59. The van der Waals surface area contributed by atoms with Crippen LogP contribution in [0.5, 0.6) is 0 Å². The highest BCUT2D eigenvalue weighted by Gasteiger charge is 2.44. The summed E-state index contributed by atoms with van der Waals surface area (Å²) in [4.78, 5) is 11.5. The minimum atomic E-state index is -0.368. The molecular formula is C14H27NO2. The van der Waals surface area contributed by atoms with E-state index in [2.05, 4.69) is 19.2 Å². The summed E-state index contributed by atoms with van der Waals surface area (Å²) in [6.45, 7) is 12.0. The van der Waals surface area contributed by atoms with Crippen LogP contribution in [0.25, 0.3) is 0 Å². The van der Waals surface area contributed by atoms with E-state index in [9.17, 15) is 4.79 Å². The van der Waals surface area contributed by atoms with Gasteiger partial charge in [0.25, 0.3) is 0 Å². The van der Waals surface area contributed by atoms with Gasteiger partial charge in [0.2, 0.25) is 0 Å². The van der Waals surface area contributed by atoms with Crippen molar-refractivity contribution in [2.24, 2.45) is 11.3 Å². The SMILES string of the molecule is CC(C)C1(CNCCC(=O)OC(C)(C)C)CC1.